The Kier molecular flexibility index (Phi) is 17.7. The first-order valence-electron chi connectivity index (χ1n) is 16.7. The Bertz CT molecular complexity index is 1400. The van der Waals surface area contributed by atoms with Crippen molar-refractivity contribution in [3.63, 3.8) is 0 Å². The second-order valence-corrected chi connectivity index (χ2v) is 11.2. The van der Waals surface area contributed by atoms with E-state index in [0.29, 0.717) is 17.9 Å². The molecule has 0 aliphatic carbocycles. The number of aromatic nitrogens is 1. The number of pyridine rings is 1. The number of carbonyl (C=O) groups is 2. The molecule has 4 rings (SSSR count). The van der Waals surface area contributed by atoms with Crippen LogP contribution in [0.1, 0.15) is 88.8 Å². The summed E-state index contributed by atoms with van der Waals surface area (Å²) in [6.45, 7) is 23.8. The van der Waals surface area contributed by atoms with Crippen LogP contribution in [0.4, 0.5) is 5.69 Å². The van der Waals surface area contributed by atoms with Crippen molar-refractivity contribution in [3.8, 4) is 0 Å². The second-order valence-electron chi connectivity index (χ2n) is 11.2. The number of hydrogen-bond donors (Lipinski definition) is 3. The number of allylic oxidation sites excluding steroid dienone is 1. The van der Waals surface area contributed by atoms with Crippen LogP contribution in [0.2, 0.25) is 0 Å². The maximum atomic E-state index is 12.9. The standard InChI is InChI=1S/C30H34N6O2.C6H14O.C2H6/c1-5-28(37)33-24-8-7-15-36(19-24)18-21-13-14-32-27(16-21)30(38)34-23-11-9-22(10-12-23)26-17-25(20(3)4)29(35-26)31-6-2;1-3-5-7-6-4-2;1-2/h5-6,9-14,16-17,24H,1-2,7-8,15,18-19H2,3-4H3,(H,31,35)(H,33,37)(H,34,38);3-6H2,1-2H3;1-2H3. The lowest BCUT2D eigenvalue weighted by molar-refractivity contribution is -0.117. The number of likely N-dealkylation sites (tertiary alicyclic amines) is 1. The molecule has 0 spiro atoms. The van der Waals surface area contributed by atoms with Gasteiger partial charge in [-0.2, -0.15) is 0 Å². The highest BCUT2D eigenvalue weighted by Gasteiger charge is 2.21. The number of benzene rings is 1. The van der Waals surface area contributed by atoms with Crippen LogP contribution >= 0.6 is 0 Å². The van der Waals surface area contributed by atoms with Gasteiger partial charge in [0.1, 0.15) is 11.5 Å². The lowest BCUT2D eigenvalue weighted by Crippen LogP contribution is -2.46. The lowest BCUT2D eigenvalue weighted by atomic mass is 10.0. The second kappa shape index (κ2) is 21.5. The number of anilines is 1. The van der Waals surface area contributed by atoms with E-state index in [2.05, 4.69) is 63.9 Å². The van der Waals surface area contributed by atoms with Gasteiger partial charge in [0.05, 0.1) is 0 Å². The van der Waals surface area contributed by atoms with E-state index in [1.165, 1.54) is 12.3 Å². The molecule has 9 heteroatoms. The van der Waals surface area contributed by atoms with Crippen molar-refractivity contribution in [1.82, 2.24) is 20.5 Å². The van der Waals surface area contributed by atoms with Gasteiger partial charge < -0.3 is 20.7 Å². The van der Waals surface area contributed by atoms with Crippen molar-refractivity contribution in [2.45, 2.75) is 79.8 Å². The molecule has 2 amide bonds. The molecule has 3 N–H and O–H groups in total. The van der Waals surface area contributed by atoms with Crippen LogP contribution < -0.4 is 16.0 Å². The van der Waals surface area contributed by atoms with E-state index in [-0.39, 0.29) is 17.9 Å². The molecule has 0 bridgehead atoms. The highest BCUT2D eigenvalue weighted by molar-refractivity contribution is 6.12. The minimum absolute atomic E-state index is 0.103. The third-order valence-corrected chi connectivity index (χ3v) is 7.21. The van der Waals surface area contributed by atoms with Gasteiger partial charge in [-0.25, -0.2) is 4.99 Å². The maximum absolute atomic E-state index is 12.9. The van der Waals surface area contributed by atoms with E-state index >= 15 is 0 Å². The number of ether oxygens (including phenoxy) is 1. The molecule has 47 heavy (non-hydrogen) atoms. The molecule has 1 atom stereocenters. The van der Waals surface area contributed by atoms with Gasteiger partial charge in [-0.3, -0.25) is 19.5 Å². The summed E-state index contributed by atoms with van der Waals surface area (Å²) in [5.74, 6) is 0.368. The van der Waals surface area contributed by atoms with Crippen molar-refractivity contribution in [2.75, 3.05) is 31.6 Å². The van der Waals surface area contributed by atoms with Gasteiger partial charge in [-0.15, -0.1) is 0 Å². The number of nitrogens with one attached hydrogen (secondary N) is 3. The van der Waals surface area contributed by atoms with Crippen LogP contribution in [0.5, 0.6) is 0 Å². The molecular formula is C38H54N6O3. The van der Waals surface area contributed by atoms with Crippen LogP contribution in [0.3, 0.4) is 0 Å². The van der Waals surface area contributed by atoms with Crippen LogP contribution in [-0.2, 0) is 16.1 Å². The van der Waals surface area contributed by atoms with Gasteiger partial charge in [-0.05, 0) is 93.6 Å². The fraction of sp³-hybridized carbons (Fsp3) is 0.421. The van der Waals surface area contributed by atoms with Gasteiger partial charge in [0.2, 0.25) is 5.91 Å². The topological polar surface area (TPSA) is 108 Å². The first-order valence-corrected chi connectivity index (χ1v) is 16.7. The monoisotopic (exact) mass is 642 g/mol. The predicted octanol–water partition coefficient (Wildman–Crippen LogP) is 7.27. The van der Waals surface area contributed by atoms with Crippen molar-refractivity contribution in [1.29, 1.82) is 0 Å². The summed E-state index contributed by atoms with van der Waals surface area (Å²) in [7, 11) is 0. The van der Waals surface area contributed by atoms with E-state index in [0.717, 1.165) is 85.8 Å². The summed E-state index contributed by atoms with van der Waals surface area (Å²) in [6, 6.07) is 11.5. The summed E-state index contributed by atoms with van der Waals surface area (Å²) < 4.78 is 5.13. The van der Waals surface area contributed by atoms with E-state index in [4.69, 9.17) is 4.74 Å². The number of rotatable bonds is 12. The number of hydrogen-bond acceptors (Lipinski definition) is 6. The SMILES string of the molecule is C=CN=C1NC(c2ccc(NC(=O)c3cc(CN4CCCC(NC(=O)C=C)C4)ccn3)cc2)=CC1=C(C)C.CC.CCCOCCC. The summed E-state index contributed by atoms with van der Waals surface area (Å²) in [4.78, 5) is 35.5. The van der Waals surface area contributed by atoms with Gasteiger partial charge in [0.25, 0.3) is 5.91 Å². The third kappa shape index (κ3) is 13.1. The van der Waals surface area contributed by atoms with Crippen molar-refractivity contribution in [3.05, 3.63) is 102 Å². The largest absolute Gasteiger partial charge is 0.381 e. The first kappa shape index (κ1) is 38.8. The van der Waals surface area contributed by atoms with Gasteiger partial charge in [-0.1, -0.05) is 58.6 Å². The highest BCUT2D eigenvalue weighted by Crippen LogP contribution is 2.25. The number of nitrogens with zero attached hydrogens (tertiary/aromatic N) is 3. The Morgan fingerprint density at radius 3 is 2.43 bits per heavy atom. The fourth-order valence-electron chi connectivity index (χ4n) is 5.02. The predicted molar refractivity (Wildman–Crippen MR) is 195 cm³/mol. The number of amides is 2. The average molecular weight is 643 g/mol. The van der Waals surface area contributed by atoms with Gasteiger partial charge in [0, 0.05) is 61.7 Å². The van der Waals surface area contributed by atoms with E-state index < -0.39 is 0 Å². The van der Waals surface area contributed by atoms with Crippen LogP contribution in [0, 0.1) is 0 Å². The maximum Gasteiger partial charge on any atom is 0.274 e. The molecule has 0 saturated carbocycles. The van der Waals surface area contributed by atoms with Crippen molar-refractivity contribution in [2.24, 2.45) is 4.99 Å². The molecule has 1 aromatic carbocycles. The van der Waals surface area contributed by atoms with Crippen molar-refractivity contribution < 1.29 is 14.3 Å². The fourth-order valence-corrected chi connectivity index (χ4v) is 5.02. The molecule has 1 unspecified atom stereocenters. The molecule has 254 valence electrons. The van der Waals surface area contributed by atoms with Gasteiger partial charge >= 0.3 is 0 Å². The zero-order valence-corrected chi connectivity index (χ0v) is 29.2. The van der Waals surface area contributed by atoms with Crippen molar-refractivity contribution >= 4 is 29.0 Å². The Balaban J connectivity index is 0.000000756. The average Bonchev–Trinajstić information content (AvgIpc) is 3.51. The first-order chi connectivity index (χ1) is 22.8. The molecule has 2 aromatic rings. The Labute approximate surface area is 282 Å². The molecule has 2 aliphatic rings. The summed E-state index contributed by atoms with van der Waals surface area (Å²) in [5.41, 5.74) is 6.18. The highest BCUT2D eigenvalue weighted by atomic mass is 16.5. The van der Waals surface area contributed by atoms with Crippen LogP contribution in [0.25, 0.3) is 5.70 Å². The minimum atomic E-state index is -0.264. The quantitative estimate of drug-likeness (QED) is 0.166. The zero-order chi connectivity index (χ0) is 34.6. The molecule has 9 nitrogen and oxygen atoms in total. The van der Waals surface area contributed by atoms with Crippen LogP contribution in [0.15, 0.2) is 90.2 Å². The number of piperidine rings is 1. The lowest BCUT2D eigenvalue weighted by Gasteiger charge is -2.33. The zero-order valence-electron chi connectivity index (χ0n) is 29.2. The smallest absolute Gasteiger partial charge is 0.274 e. The van der Waals surface area contributed by atoms with E-state index in [1.54, 1.807) is 6.20 Å². The summed E-state index contributed by atoms with van der Waals surface area (Å²) >= 11 is 0. The third-order valence-electron chi connectivity index (χ3n) is 7.21. The Morgan fingerprint density at radius 2 is 1.81 bits per heavy atom. The number of amidine groups is 1. The molecule has 0 radical (unpaired) electrons. The molecule has 3 heterocycles. The normalized spacial score (nSPS) is 16.4. The number of carbonyl (C=O) groups excluding carboxylic acids is 2. The van der Waals surface area contributed by atoms with E-state index in [1.807, 2.05) is 64.1 Å². The van der Waals surface area contributed by atoms with Gasteiger partial charge in [0.15, 0.2) is 0 Å². The van der Waals surface area contributed by atoms with Crippen LogP contribution in [-0.4, -0.2) is 59.9 Å². The summed E-state index contributed by atoms with van der Waals surface area (Å²) in [6.07, 6.45) is 10.8. The summed E-state index contributed by atoms with van der Waals surface area (Å²) in [5, 5.41) is 9.26. The minimum Gasteiger partial charge on any atom is -0.381 e. The number of aliphatic imine (C=N–C) groups is 1. The molecular weight excluding hydrogens is 588 g/mol. The molecule has 1 saturated heterocycles. The molecule has 1 fully saturated rings. The van der Waals surface area contributed by atoms with E-state index in [9.17, 15) is 9.59 Å². The Morgan fingerprint density at radius 1 is 1.11 bits per heavy atom. The molecule has 2 aliphatic heterocycles. The molecule has 1 aromatic heterocycles. The Hall–Kier alpha value is -4.34.